The van der Waals surface area contributed by atoms with E-state index in [1.807, 2.05) is 29.2 Å². The van der Waals surface area contributed by atoms with Crippen LogP contribution in [0.25, 0.3) is 11.0 Å². The van der Waals surface area contributed by atoms with Gasteiger partial charge in [0.1, 0.15) is 5.69 Å². The van der Waals surface area contributed by atoms with Crippen LogP contribution in [-0.2, 0) is 11.2 Å². The predicted molar refractivity (Wildman–Crippen MR) is 76.2 cm³/mol. The Hall–Kier alpha value is -1.36. The number of amides is 1. The molecule has 0 radical (unpaired) electrons. The molecule has 0 unspecified atom stereocenters. The number of benzene rings is 1. The minimum Gasteiger partial charge on any atom is -0.356 e. The summed E-state index contributed by atoms with van der Waals surface area (Å²) in [6, 6.07) is 8.09. The van der Waals surface area contributed by atoms with Crippen LogP contribution in [0.2, 0.25) is 0 Å². The highest BCUT2D eigenvalue weighted by Crippen LogP contribution is 2.28. The maximum atomic E-state index is 12.3. The lowest BCUT2D eigenvalue weighted by molar-refractivity contribution is -0.130. The summed E-state index contributed by atoms with van der Waals surface area (Å²) in [5.41, 5.74) is 1.48. The van der Waals surface area contributed by atoms with Crippen molar-refractivity contribution < 1.29 is 9.32 Å². The molecule has 100 valence electrons. The smallest absolute Gasteiger partial charge is 0.229 e. The average Bonchev–Trinajstić information content (AvgIpc) is 3.19. The van der Waals surface area contributed by atoms with Crippen LogP contribution in [-0.4, -0.2) is 33.9 Å². The van der Waals surface area contributed by atoms with Crippen molar-refractivity contribution in [3.05, 3.63) is 30.0 Å². The SMILES string of the molecule is O=C(Cc1noc2ccccc12)N(CCBr)C1CC1. The Morgan fingerprint density at radius 2 is 2.21 bits per heavy atom. The monoisotopic (exact) mass is 322 g/mol. The van der Waals surface area contributed by atoms with Gasteiger partial charge in [0, 0.05) is 23.3 Å². The summed E-state index contributed by atoms with van der Waals surface area (Å²) in [5.74, 6) is 0.140. The summed E-state index contributed by atoms with van der Waals surface area (Å²) >= 11 is 3.40. The second-order valence-corrected chi connectivity index (χ2v) is 5.60. The molecule has 3 rings (SSSR count). The van der Waals surface area contributed by atoms with E-state index in [0.717, 1.165) is 41.4 Å². The van der Waals surface area contributed by atoms with E-state index in [-0.39, 0.29) is 5.91 Å². The van der Waals surface area contributed by atoms with E-state index in [2.05, 4.69) is 21.1 Å². The third-order valence-electron chi connectivity index (χ3n) is 3.40. The zero-order valence-electron chi connectivity index (χ0n) is 10.5. The summed E-state index contributed by atoms with van der Waals surface area (Å²) in [4.78, 5) is 14.3. The quantitative estimate of drug-likeness (QED) is 0.795. The lowest BCUT2D eigenvalue weighted by atomic mass is 10.1. The van der Waals surface area contributed by atoms with Gasteiger partial charge >= 0.3 is 0 Å². The maximum Gasteiger partial charge on any atom is 0.229 e. The van der Waals surface area contributed by atoms with Gasteiger partial charge in [-0.05, 0) is 25.0 Å². The topological polar surface area (TPSA) is 46.3 Å². The first-order chi connectivity index (χ1) is 9.29. The van der Waals surface area contributed by atoms with Gasteiger partial charge in [0.2, 0.25) is 5.91 Å². The Morgan fingerprint density at radius 1 is 1.42 bits per heavy atom. The predicted octanol–water partition coefficient (Wildman–Crippen LogP) is 2.76. The van der Waals surface area contributed by atoms with E-state index in [4.69, 9.17) is 4.52 Å². The third-order valence-corrected chi connectivity index (χ3v) is 3.76. The fourth-order valence-electron chi connectivity index (χ4n) is 2.30. The molecular weight excluding hydrogens is 308 g/mol. The van der Waals surface area contributed by atoms with Crippen molar-refractivity contribution in [1.29, 1.82) is 0 Å². The van der Waals surface area contributed by atoms with Gasteiger partial charge in [0.05, 0.1) is 6.42 Å². The Morgan fingerprint density at radius 3 is 2.95 bits per heavy atom. The van der Waals surface area contributed by atoms with Gasteiger partial charge in [-0.1, -0.05) is 33.2 Å². The Kier molecular flexibility index (Phi) is 3.55. The van der Waals surface area contributed by atoms with E-state index in [1.165, 1.54) is 0 Å². The lowest BCUT2D eigenvalue weighted by Gasteiger charge is -2.20. The van der Waals surface area contributed by atoms with Gasteiger partial charge < -0.3 is 9.42 Å². The number of carbonyl (C=O) groups is 1. The molecule has 1 aliphatic rings. The van der Waals surface area contributed by atoms with Crippen LogP contribution >= 0.6 is 15.9 Å². The standard InChI is InChI=1S/C14H15BrN2O2/c15-7-8-17(10-5-6-10)14(18)9-12-11-3-1-2-4-13(11)19-16-12/h1-4,10H,5-9H2. The summed E-state index contributed by atoms with van der Waals surface area (Å²) < 4.78 is 5.24. The van der Waals surface area contributed by atoms with Crippen LogP contribution in [0.1, 0.15) is 18.5 Å². The number of halogens is 1. The van der Waals surface area contributed by atoms with Gasteiger partial charge in [0.15, 0.2) is 5.58 Å². The van der Waals surface area contributed by atoms with Crippen LogP contribution in [0.4, 0.5) is 0 Å². The minimum atomic E-state index is 0.140. The zero-order chi connectivity index (χ0) is 13.2. The molecule has 5 heteroatoms. The number of rotatable bonds is 5. The molecule has 1 heterocycles. The first kappa shape index (κ1) is 12.7. The first-order valence-corrected chi connectivity index (χ1v) is 7.60. The molecular formula is C14H15BrN2O2. The van der Waals surface area contributed by atoms with Gasteiger partial charge in [-0.2, -0.15) is 0 Å². The van der Waals surface area contributed by atoms with Gasteiger partial charge in [-0.25, -0.2) is 0 Å². The molecule has 1 fully saturated rings. The first-order valence-electron chi connectivity index (χ1n) is 6.48. The molecule has 4 nitrogen and oxygen atoms in total. The van der Waals surface area contributed by atoms with Gasteiger partial charge in [0.25, 0.3) is 0 Å². The van der Waals surface area contributed by atoms with Crippen molar-refractivity contribution in [2.75, 3.05) is 11.9 Å². The molecule has 0 atom stereocenters. The van der Waals surface area contributed by atoms with Crippen molar-refractivity contribution >= 4 is 32.8 Å². The van der Waals surface area contributed by atoms with E-state index in [9.17, 15) is 4.79 Å². The van der Waals surface area contributed by atoms with Crippen LogP contribution in [0.5, 0.6) is 0 Å². The molecule has 0 spiro atoms. The lowest BCUT2D eigenvalue weighted by Crippen LogP contribution is -2.35. The molecule has 1 aliphatic carbocycles. The van der Waals surface area contributed by atoms with Crippen LogP contribution < -0.4 is 0 Å². The van der Waals surface area contributed by atoms with Crippen molar-refractivity contribution in [1.82, 2.24) is 10.1 Å². The largest absolute Gasteiger partial charge is 0.356 e. The van der Waals surface area contributed by atoms with E-state index in [1.54, 1.807) is 0 Å². The number of hydrogen-bond donors (Lipinski definition) is 0. The number of fused-ring (bicyclic) bond motifs is 1. The molecule has 2 aromatic rings. The Bertz CT molecular complexity index is 592. The fourth-order valence-corrected chi connectivity index (χ4v) is 2.68. The second kappa shape index (κ2) is 5.33. The van der Waals surface area contributed by atoms with Crippen molar-refractivity contribution in [2.24, 2.45) is 0 Å². The zero-order valence-corrected chi connectivity index (χ0v) is 12.1. The second-order valence-electron chi connectivity index (χ2n) is 4.81. The summed E-state index contributed by atoms with van der Waals surface area (Å²) in [7, 11) is 0. The fraction of sp³-hybridized carbons (Fsp3) is 0.429. The number of hydrogen-bond acceptors (Lipinski definition) is 3. The van der Waals surface area contributed by atoms with Crippen molar-refractivity contribution in [3.63, 3.8) is 0 Å². The number of carbonyl (C=O) groups excluding carboxylic acids is 1. The molecule has 0 N–H and O–H groups in total. The molecule has 0 saturated heterocycles. The highest BCUT2D eigenvalue weighted by molar-refractivity contribution is 9.09. The van der Waals surface area contributed by atoms with E-state index in [0.29, 0.717) is 12.5 Å². The van der Waals surface area contributed by atoms with Gasteiger partial charge in [-0.3, -0.25) is 4.79 Å². The molecule has 19 heavy (non-hydrogen) atoms. The number of para-hydroxylation sites is 1. The molecule has 1 saturated carbocycles. The molecule has 0 bridgehead atoms. The van der Waals surface area contributed by atoms with Crippen LogP contribution in [0.15, 0.2) is 28.8 Å². The summed E-state index contributed by atoms with van der Waals surface area (Å²) in [6.45, 7) is 0.763. The van der Waals surface area contributed by atoms with Crippen molar-refractivity contribution in [3.8, 4) is 0 Å². The van der Waals surface area contributed by atoms with E-state index < -0.39 is 0 Å². The maximum absolute atomic E-state index is 12.3. The molecule has 1 aromatic carbocycles. The highest BCUT2D eigenvalue weighted by atomic mass is 79.9. The average molecular weight is 323 g/mol. The Balaban J connectivity index is 1.78. The van der Waals surface area contributed by atoms with E-state index >= 15 is 0 Å². The van der Waals surface area contributed by atoms with Crippen LogP contribution in [0, 0.1) is 0 Å². The summed E-state index contributed by atoms with van der Waals surface area (Å²) in [5, 5.41) is 5.77. The minimum absolute atomic E-state index is 0.140. The Labute approximate surface area is 119 Å². The number of alkyl halides is 1. The molecule has 1 aromatic heterocycles. The molecule has 0 aliphatic heterocycles. The highest BCUT2D eigenvalue weighted by Gasteiger charge is 2.32. The van der Waals surface area contributed by atoms with Gasteiger partial charge in [-0.15, -0.1) is 0 Å². The van der Waals surface area contributed by atoms with Crippen molar-refractivity contribution in [2.45, 2.75) is 25.3 Å². The number of nitrogens with zero attached hydrogens (tertiary/aromatic N) is 2. The number of aromatic nitrogens is 1. The van der Waals surface area contributed by atoms with Crippen LogP contribution in [0.3, 0.4) is 0 Å². The molecule has 1 amide bonds. The third kappa shape index (κ3) is 2.66. The normalized spacial score (nSPS) is 14.8. The summed E-state index contributed by atoms with van der Waals surface area (Å²) in [6.07, 6.45) is 2.57.